The van der Waals surface area contributed by atoms with E-state index in [2.05, 4.69) is 32.3 Å². The maximum Gasteiger partial charge on any atom is 1.00 e. The largest absolute Gasteiger partial charge is 1.00 e. The number of morpholine rings is 1. The Morgan fingerprint density at radius 1 is 1.19 bits per heavy atom. The second-order valence-corrected chi connectivity index (χ2v) is 7.21. The minimum atomic E-state index is -0.542. The predicted molar refractivity (Wildman–Crippen MR) is 116 cm³/mol. The summed E-state index contributed by atoms with van der Waals surface area (Å²) in [4.78, 5) is 27.7. The third-order valence-corrected chi connectivity index (χ3v) is 5.09. The molecule has 0 radical (unpaired) electrons. The summed E-state index contributed by atoms with van der Waals surface area (Å²) in [6.07, 6.45) is 3.38. The van der Waals surface area contributed by atoms with Crippen molar-refractivity contribution >= 4 is 22.8 Å². The average molecular weight is 412 g/mol. The van der Waals surface area contributed by atoms with E-state index >= 15 is 0 Å². The third kappa shape index (κ3) is 5.41. The van der Waals surface area contributed by atoms with Gasteiger partial charge < -0.3 is 22.2 Å². The SMILES string of the molecule is C[CH-]CNc1ncnc2c(C(N)=O)cc(-c3ccc(CN4CCOCC4)cc3)nc12.[Li+]. The Kier molecular flexibility index (Phi) is 7.99. The molecule has 0 saturated carbocycles. The van der Waals surface area contributed by atoms with Crippen LogP contribution in [0, 0.1) is 6.42 Å². The number of pyridine rings is 1. The number of carbonyl (C=O) groups is 1. The number of primary amides is 1. The summed E-state index contributed by atoms with van der Waals surface area (Å²) in [5.41, 5.74) is 9.73. The van der Waals surface area contributed by atoms with Crippen LogP contribution in [0.4, 0.5) is 5.82 Å². The number of fused-ring (bicyclic) bond motifs is 1. The fraction of sp³-hybridized carbons (Fsp3) is 0.318. The van der Waals surface area contributed by atoms with E-state index in [4.69, 9.17) is 15.5 Å². The molecule has 3 N–H and O–H groups in total. The number of hydrogen-bond donors (Lipinski definition) is 2. The summed E-state index contributed by atoms with van der Waals surface area (Å²) in [5.74, 6) is 0.0330. The Balaban J connectivity index is 0.00000272. The topological polar surface area (TPSA) is 106 Å². The number of benzene rings is 1. The second-order valence-electron chi connectivity index (χ2n) is 7.21. The van der Waals surface area contributed by atoms with Crippen LogP contribution in [0.1, 0.15) is 22.8 Å². The van der Waals surface area contributed by atoms with Crippen LogP contribution in [-0.2, 0) is 11.3 Å². The van der Waals surface area contributed by atoms with Crippen LogP contribution in [0.25, 0.3) is 22.3 Å². The average Bonchev–Trinajstić information content (AvgIpc) is 2.78. The van der Waals surface area contributed by atoms with Crippen molar-refractivity contribution in [3.05, 3.63) is 54.2 Å². The van der Waals surface area contributed by atoms with Crippen LogP contribution >= 0.6 is 0 Å². The van der Waals surface area contributed by atoms with Gasteiger partial charge in [-0.1, -0.05) is 24.3 Å². The molecular formula is C22H25LiN6O2. The number of amides is 1. The Bertz CT molecular complexity index is 1040. The molecule has 156 valence electrons. The molecule has 3 aromatic rings. The standard InChI is InChI=1S/C22H25N6O2.Li/c1-2-7-24-22-20-19(25-14-26-22)17(21(23)29)12-18(27-20)16-5-3-15(4-6-16)13-28-8-10-30-11-9-28;/h2-6,12,14H,7-11,13H2,1H3,(H2,23,29)(H,24,25,26);/q-1;+1. The number of nitrogens with zero attached hydrogens (tertiary/aromatic N) is 4. The Hall–Kier alpha value is -2.50. The van der Waals surface area contributed by atoms with Crippen LogP contribution in [-0.4, -0.2) is 58.6 Å². The van der Waals surface area contributed by atoms with Gasteiger partial charge in [0, 0.05) is 25.2 Å². The molecule has 1 aromatic carbocycles. The second kappa shape index (κ2) is 10.7. The molecule has 1 aliphatic rings. The molecule has 4 rings (SSSR count). The molecular weight excluding hydrogens is 387 g/mol. The molecule has 1 fully saturated rings. The molecule has 0 atom stereocenters. The van der Waals surface area contributed by atoms with Crippen molar-refractivity contribution in [3.63, 3.8) is 0 Å². The summed E-state index contributed by atoms with van der Waals surface area (Å²) in [6.45, 7) is 6.91. The zero-order chi connectivity index (χ0) is 20.9. The maximum absolute atomic E-state index is 12.1. The van der Waals surface area contributed by atoms with Gasteiger partial charge in [0.2, 0.25) is 0 Å². The molecule has 1 aliphatic heterocycles. The fourth-order valence-corrected chi connectivity index (χ4v) is 3.50. The zero-order valence-corrected chi connectivity index (χ0v) is 18.0. The fourth-order valence-electron chi connectivity index (χ4n) is 3.50. The first kappa shape index (κ1) is 23.2. The van der Waals surface area contributed by atoms with E-state index in [0.29, 0.717) is 34.7 Å². The third-order valence-electron chi connectivity index (χ3n) is 5.09. The molecule has 8 nitrogen and oxygen atoms in total. The van der Waals surface area contributed by atoms with Crippen LogP contribution in [0.15, 0.2) is 36.7 Å². The van der Waals surface area contributed by atoms with E-state index in [-0.39, 0.29) is 18.9 Å². The number of aromatic nitrogens is 3. The van der Waals surface area contributed by atoms with Crippen molar-refractivity contribution in [1.29, 1.82) is 0 Å². The summed E-state index contributed by atoms with van der Waals surface area (Å²) in [7, 11) is 0. The van der Waals surface area contributed by atoms with E-state index in [0.717, 1.165) is 38.4 Å². The molecule has 0 spiro atoms. The zero-order valence-electron chi connectivity index (χ0n) is 18.0. The van der Waals surface area contributed by atoms with E-state index < -0.39 is 5.91 Å². The van der Waals surface area contributed by atoms with Gasteiger partial charge in [-0.25, -0.2) is 15.0 Å². The van der Waals surface area contributed by atoms with Crippen molar-refractivity contribution in [3.8, 4) is 11.3 Å². The molecule has 2 aromatic heterocycles. The van der Waals surface area contributed by atoms with Gasteiger partial charge in [0.1, 0.15) is 17.4 Å². The number of anilines is 1. The number of nitrogens with one attached hydrogen (secondary N) is 1. The van der Waals surface area contributed by atoms with Gasteiger partial charge in [0.15, 0.2) is 5.82 Å². The minimum Gasteiger partial charge on any atom is -0.398 e. The van der Waals surface area contributed by atoms with E-state index in [9.17, 15) is 4.79 Å². The van der Waals surface area contributed by atoms with Gasteiger partial charge in [-0.2, -0.15) is 6.92 Å². The molecule has 0 bridgehead atoms. The Labute approximate surface area is 193 Å². The number of nitrogens with two attached hydrogens (primary N) is 1. The smallest absolute Gasteiger partial charge is 0.398 e. The Morgan fingerprint density at radius 3 is 2.61 bits per heavy atom. The van der Waals surface area contributed by atoms with E-state index in [1.165, 1.54) is 11.9 Å². The monoisotopic (exact) mass is 412 g/mol. The summed E-state index contributed by atoms with van der Waals surface area (Å²) >= 11 is 0. The van der Waals surface area contributed by atoms with Gasteiger partial charge in [-0.15, -0.1) is 6.54 Å². The first-order valence-corrected chi connectivity index (χ1v) is 10.0. The molecule has 1 amide bonds. The summed E-state index contributed by atoms with van der Waals surface area (Å²) in [6, 6.07) is 9.92. The van der Waals surface area contributed by atoms with Crippen LogP contribution < -0.4 is 29.9 Å². The molecule has 31 heavy (non-hydrogen) atoms. The normalized spacial score (nSPS) is 14.2. The van der Waals surface area contributed by atoms with Crippen molar-refractivity contribution < 1.29 is 28.4 Å². The van der Waals surface area contributed by atoms with Crippen LogP contribution in [0.5, 0.6) is 0 Å². The number of carbonyl (C=O) groups excluding carboxylic acids is 1. The van der Waals surface area contributed by atoms with Gasteiger partial charge in [-0.3, -0.25) is 9.69 Å². The first-order valence-electron chi connectivity index (χ1n) is 10.0. The van der Waals surface area contributed by atoms with Gasteiger partial charge in [0.25, 0.3) is 5.91 Å². The Morgan fingerprint density at radius 2 is 1.94 bits per heavy atom. The van der Waals surface area contributed by atoms with Crippen molar-refractivity contribution in [2.24, 2.45) is 5.73 Å². The van der Waals surface area contributed by atoms with Crippen LogP contribution in [0.2, 0.25) is 0 Å². The first-order chi connectivity index (χ1) is 14.7. The van der Waals surface area contributed by atoms with E-state index in [1.54, 1.807) is 6.07 Å². The number of ether oxygens (including phenoxy) is 1. The van der Waals surface area contributed by atoms with Crippen molar-refractivity contribution in [2.75, 3.05) is 38.2 Å². The molecule has 0 aliphatic carbocycles. The van der Waals surface area contributed by atoms with Crippen molar-refractivity contribution in [2.45, 2.75) is 13.5 Å². The van der Waals surface area contributed by atoms with Crippen molar-refractivity contribution in [1.82, 2.24) is 19.9 Å². The maximum atomic E-state index is 12.1. The van der Waals surface area contributed by atoms with Gasteiger partial charge in [-0.05, 0) is 11.6 Å². The number of hydrogen-bond acceptors (Lipinski definition) is 7. The van der Waals surface area contributed by atoms with Gasteiger partial charge in [0.05, 0.1) is 24.5 Å². The van der Waals surface area contributed by atoms with Crippen LogP contribution in [0.3, 0.4) is 0 Å². The quantitative estimate of drug-likeness (QED) is 0.389. The molecule has 9 heteroatoms. The number of rotatable bonds is 7. The molecule has 0 unspecified atom stereocenters. The van der Waals surface area contributed by atoms with E-state index in [1.807, 2.05) is 25.5 Å². The minimum absolute atomic E-state index is 0. The van der Waals surface area contributed by atoms with Gasteiger partial charge >= 0.3 is 18.9 Å². The molecule has 3 heterocycles. The molecule has 1 saturated heterocycles. The summed E-state index contributed by atoms with van der Waals surface area (Å²) < 4.78 is 5.41. The summed E-state index contributed by atoms with van der Waals surface area (Å²) in [5, 5.41) is 3.20. The predicted octanol–water partition coefficient (Wildman–Crippen LogP) is -0.737.